The van der Waals surface area contributed by atoms with Crippen molar-refractivity contribution in [2.24, 2.45) is 0 Å². The number of nitrogens with zero attached hydrogens (tertiary/aromatic N) is 1. The second-order valence-corrected chi connectivity index (χ2v) is 3.94. The Morgan fingerprint density at radius 2 is 2.13 bits per heavy atom. The van der Waals surface area contributed by atoms with E-state index in [0.29, 0.717) is 6.54 Å². The lowest BCUT2D eigenvalue weighted by atomic mass is 9.99. The van der Waals surface area contributed by atoms with Gasteiger partial charge in [0.1, 0.15) is 0 Å². The SMILES string of the molecule is CCN1CCNCC1(O)c1ccccc1. The van der Waals surface area contributed by atoms with Gasteiger partial charge in [-0.1, -0.05) is 37.3 Å². The largest absolute Gasteiger partial charge is 0.370 e. The molecule has 0 aromatic heterocycles. The summed E-state index contributed by atoms with van der Waals surface area (Å²) in [6.07, 6.45) is 0. The highest BCUT2D eigenvalue weighted by Crippen LogP contribution is 2.26. The van der Waals surface area contributed by atoms with Crippen molar-refractivity contribution in [3.8, 4) is 0 Å². The zero-order valence-corrected chi connectivity index (χ0v) is 9.11. The average molecular weight is 206 g/mol. The highest BCUT2D eigenvalue weighted by Gasteiger charge is 2.37. The van der Waals surface area contributed by atoms with Crippen LogP contribution < -0.4 is 5.32 Å². The molecular weight excluding hydrogens is 188 g/mol. The smallest absolute Gasteiger partial charge is 0.157 e. The van der Waals surface area contributed by atoms with Crippen LogP contribution in [0.2, 0.25) is 0 Å². The van der Waals surface area contributed by atoms with Gasteiger partial charge in [-0.3, -0.25) is 4.90 Å². The second-order valence-electron chi connectivity index (χ2n) is 3.94. The molecule has 15 heavy (non-hydrogen) atoms. The lowest BCUT2D eigenvalue weighted by Gasteiger charge is -2.43. The normalized spacial score (nSPS) is 27.9. The van der Waals surface area contributed by atoms with Crippen molar-refractivity contribution in [1.82, 2.24) is 10.2 Å². The van der Waals surface area contributed by atoms with Crippen molar-refractivity contribution >= 4 is 0 Å². The van der Waals surface area contributed by atoms with Crippen LogP contribution in [0.4, 0.5) is 0 Å². The van der Waals surface area contributed by atoms with E-state index in [1.54, 1.807) is 0 Å². The van der Waals surface area contributed by atoms with Gasteiger partial charge in [0.05, 0.1) is 0 Å². The molecule has 1 atom stereocenters. The molecule has 82 valence electrons. The van der Waals surface area contributed by atoms with Gasteiger partial charge in [0, 0.05) is 19.6 Å². The molecule has 2 rings (SSSR count). The molecule has 1 aliphatic heterocycles. The van der Waals surface area contributed by atoms with Crippen molar-refractivity contribution < 1.29 is 5.11 Å². The summed E-state index contributed by atoms with van der Waals surface area (Å²) in [5.41, 5.74) is 0.132. The van der Waals surface area contributed by atoms with E-state index < -0.39 is 5.72 Å². The first-order chi connectivity index (χ1) is 7.27. The van der Waals surface area contributed by atoms with Crippen molar-refractivity contribution in [3.05, 3.63) is 35.9 Å². The Balaban J connectivity index is 2.30. The number of β-amino-alcohol motifs (C(OH)–C–C–N with tert-alkyl or cyclic N) is 1. The van der Waals surface area contributed by atoms with Crippen LogP contribution in [0, 0.1) is 0 Å². The van der Waals surface area contributed by atoms with Crippen LogP contribution in [0.15, 0.2) is 30.3 Å². The third-order valence-electron chi connectivity index (χ3n) is 3.07. The van der Waals surface area contributed by atoms with Gasteiger partial charge in [0.25, 0.3) is 0 Å². The molecule has 1 heterocycles. The first-order valence-corrected chi connectivity index (χ1v) is 5.51. The maximum atomic E-state index is 10.7. The number of rotatable bonds is 2. The molecule has 0 amide bonds. The summed E-state index contributed by atoms with van der Waals surface area (Å²) in [6, 6.07) is 9.87. The molecule has 3 nitrogen and oxygen atoms in total. The van der Waals surface area contributed by atoms with Crippen LogP contribution in [0.25, 0.3) is 0 Å². The Labute approximate surface area is 90.7 Å². The third kappa shape index (κ3) is 1.91. The molecule has 1 aliphatic rings. The molecule has 3 heteroatoms. The van der Waals surface area contributed by atoms with Gasteiger partial charge in [-0.15, -0.1) is 0 Å². The molecule has 0 saturated carbocycles. The monoisotopic (exact) mass is 206 g/mol. The third-order valence-corrected chi connectivity index (χ3v) is 3.07. The fraction of sp³-hybridized carbons (Fsp3) is 0.500. The zero-order chi connectivity index (χ0) is 10.7. The molecule has 0 bridgehead atoms. The number of hydrogen-bond acceptors (Lipinski definition) is 3. The predicted octanol–water partition coefficient (Wildman–Crippen LogP) is 0.757. The highest BCUT2D eigenvalue weighted by molar-refractivity contribution is 5.22. The van der Waals surface area contributed by atoms with Crippen molar-refractivity contribution in [3.63, 3.8) is 0 Å². The lowest BCUT2D eigenvalue weighted by Crippen LogP contribution is -2.58. The topological polar surface area (TPSA) is 35.5 Å². The van der Waals surface area contributed by atoms with Gasteiger partial charge in [-0.2, -0.15) is 0 Å². The number of piperazine rings is 1. The molecule has 1 fully saturated rings. The Bertz CT molecular complexity index is 315. The van der Waals surface area contributed by atoms with E-state index in [2.05, 4.69) is 17.1 Å². The summed E-state index contributed by atoms with van der Waals surface area (Å²) < 4.78 is 0. The van der Waals surface area contributed by atoms with E-state index in [0.717, 1.165) is 25.2 Å². The summed E-state index contributed by atoms with van der Waals surface area (Å²) >= 11 is 0. The number of likely N-dealkylation sites (N-methyl/N-ethyl adjacent to an activating group) is 1. The van der Waals surface area contributed by atoms with E-state index >= 15 is 0 Å². The van der Waals surface area contributed by atoms with Gasteiger partial charge in [0.2, 0.25) is 0 Å². The van der Waals surface area contributed by atoms with Gasteiger partial charge < -0.3 is 10.4 Å². The van der Waals surface area contributed by atoms with Crippen LogP contribution >= 0.6 is 0 Å². The van der Waals surface area contributed by atoms with Crippen LogP contribution in [0.1, 0.15) is 12.5 Å². The Hall–Kier alpha value is -0.900. The minimum Gasteiger partial charge on any atom is -0.370 e. The molecule has 2 N–H and O–H groups in total. The van der Waals surface area contributed by atoms with Crippen LogP contribution in [-0.2, 0) is 5.72 Å². The Kier molecular flexibility index (Phi) is 3.05. The number of benzene rings is 1. The molecule has 0 radical (unpaired) electrons. The van der Waals surface area contributed by atoms with Crippen LogP contribution in [0.3, 0.4) is 0 Å². The maximum absolute atomic E-state index is 10.7. The van der Waals surface area contributed by atoms with E-state index in [1.807, 2.05) is 30.3 Å². The fourth-order valence-electron chi connectivity index (χ4n) is 2.18. The van der Waals surface area contributed by atoms with E-state index in [1.165, 1.54) is 0 Å². The van der Waals surface area contributed by atoms with E-state index in [-0.39, 0.29) is 0 Å². The van der Waals surface area contributed by atoms with Crippen molar-refractivity contribution in [2.45, 2.75) is 12.6 Å². The average Bonchev–Trinajstić information content (AvgIpc) is 2.31. The van der Waals surface area contributed by atoms with Gasteiger partial charge in [0.15, 0.2) is 5.72 Å². The molecule has 1 aromatic rings. The molecule has 1 aromatic carbocycles. The minimum atomic E-state index is -0.839. The van der Waals surface area contributed by atoms with Gasteiger partial charge in [-0.25, -0.2) is 0 Å². The van der Waals surface area contributed by atoms with Crippen molar-refractivity contribution in [2.75, 3.05) is 26.2 Å². The molecule has 1 unspecified atom stereocenters. The van der Waals surface area contributed by atoms with Crippen LogP contribution in [-0.4, -0.2) is 36.2 Å². The summed E-state index contributed by atoms with van der Waals surface area (Å²) in [4.78, 5) is 2.11. The predicted molar refractivity (Wildman–Crippen MR) is 60.5 cm³/mol. The quantitative estimate of drug-likeness (QED) is 0.750. The molecule has 0 aliphatic carbocycles. The lowest BCUT2D eigenvalue weighted by molar-refractivity contribution is -0.126. The fourth-order valence-corrected chi connectivity index (χ4v) is 2.18. The first kappa shape index (κ1) is 10.6. The number of nitrogens with one attached hydrogen (secondary N) is 1. The van der Waals surface area contributed by atoms with Crippen LogP contribution in [0.5, 0.6) is 0 Å². The number of hydrogen-bond donors (Lipinski definition) is 2. The van der Waals surface area contributed by atoms with Crippen molar-refractivity contribution in [1.29, 1.82) is 0 Å². The maximum Gasteiger partial charge on any atom is 0.157 e. The highest BCUT2D eigenvalue weighted by atomic mass is 16.3. The van der Waals surface area contributed by atoms with E-state index in [9.17, 15) is 5.11 Å². The standard InChI is InChI=1S/C12H18N2O/c1-2-14-9-8-13-10-12(14,15)11-6-4-3-5-7-11/h3-7,13,15H,2,8-10H2,1H3. The summed E-state index contributed by atoms with van der Waals surface area (Å²) in [6.45, 7) is 5.39. The summed E-state index contributed by atoms with van der Waals surface area (Å²) in [5, 5.41) is 13.9. The molecular formula is C12H18N2O. The molecule has 0 spiro atoms. The number of aliphatic hydroxyl groups is 1. The summed E-state index contributed by atoms with van der Waals surface area (Å²) in [5.74, 6) is 0. The zero-order valence-electron chi connectivity index (χ0n) is 9.11. The second kappa shape index (κ2) is 4.31. The minimum absolute atomic E-state index is 0.602. The van der Waals surface area contributed by atoms with E-state index in [4.69, 9.17) is 0 Å². The molecule has 1 saturated heterocycles. The Morgan fingerprint density at radius 3 is 2.80 bits per heavy atom. The first-order valence-electron chi connectivity index (χ1n) is 5.51. The van der Waals surface area contributed by atoms with Gasteiger partial charge in [-0.05, 0) is 12.1 Å². The summed E-state index contributed by atoms with van der Waals surface area (Å²) in [7, 11) is 0. The Morgan fingerprint density at radius 1 is 1.40 bits per heavy atom. The van der Waals surface area contributed by atoms with Gasteiger partial charge >= 0.3 is 0 Å².